The van der Waals surface area contributed by atoms with E-state index in [1.54, 1.807) is 35.8 Å². The molecule has 0 aliphatic carbocycles. The molecule has 0 bridgehead atoms. The molecule has 8 nitrogen and oxygen atoms in total. The predicted molar refractivity (Wildman–Crippen MR) is 116 cm³/mol. The van der Waals surface area contributed by atoms with Crippen LogP contribution in [0.4, 0.5) is 5.69 Å². The Morgan fingerprint density at radius 2 is 1.42 bits per heavy atom. The third-order valence-corrected chi connectivity index (χ3v) is 4.85. The van der Waals surface area contributed by atoms with E-state index in [-0.39, 0.29) is 18.9 Å². The normalized spacial score (nSPS) is 11.5. The maximum absolute atomic E-state index is 12.3. The molecule has 2 rings (SSSR count). The molecule has 0 aliphatic rings. The van der Waals surface area contributed by atoms with Gasteiger partial charge in [-0.3, -0.25) is 24.9 Å². The number of nitrogens with one attached hydrogen (secondary N) is 3. The van der Waals surface area contributed by atoms with Gasteiger partial charge in [0.1, 0.15) is 6.04 Å². The van der Waals surface area contributed by atoms with Crippen molar-refractivity contribution in [2.45, 2.75) is 51.1 Å². The van der Waals surface area contributed by atoms with E-state index < -0.39 is 17.9 Å². The number of hydrogen-bond acceptors (Lipinski definition) is 5. The average Bonchev–Trinajstić information content (AvgIpc) is 2.77. The number of benzene rings is 2. The van der Waals surface area contributed by atoms with E-state index in [2.05, 4.69) is 10.6 Å². The van der Waals surface area contributed by atoms with Gasteiger partial charge in [0.25, 0.3) is 0 Å². The van der Waals surface area contributed by atoms with Crippen molar-refractivity contribution in [2.75, 3.05) is 5.32 Å². The lowest BCUT2D eigenvalue weighted by atomic mass is 10.1. The zero-order valence-electron chi connectivity index (χ0n) is 17.3. The number of carbonyl (C=O) groups excluding carboxylic acids is 2. The number of rotatable bonds is 13. The van der Waals surface area contributed by atoms with Crippen LogP contribution in [0.5, 0.6) is 0 Å². The number of aliphatic carboxylic acids is 1. The smallest absolute Gasteiger partial charge is 0.325 e. The van der Waals surface area contributed by atoms with Gasteiger partial charge in [0.15, 0.2) is 0 Å². The number of carboxylic acid groups (broad SMARTS) is 1. The molecule has 0 fully saturated rings. The van der Waals surface area contributed by atoms with Crippen molar-refractivity contribution in [3.63, 3.8) is 0 Å². The number of amides is 2. The third kappa shape index (κ3) is 8.57. The Morgan fingerprint density at radius 1 is 0.806 bits per heavy atom. The fourth-order valence-electron chi connectivity index (χ4n) is 3.19. The van der Waals surface area contributed by atoms with Crippen LogP contribution in [0.15, 0.2) is 54.6 Å². The lowest BCUT2D eigenvalue weighted by Gasteiger charge is -2.17. The summed E-state index contributed by atoms with van der Waals surface area (Å²) in [7, 11) is 0. The van der Waals surface area contributed by atoms with Crippen LogP contribution in [0, 0.1) is 0 Å². The van der Waals surface area contributed by atoms with Crippen LogP contribution in [-0.2, 0) is 20.9 Å². The van der Waals surface area contributed by atoms with Crippen molar-refractivity contribution in [3.05, 3.63) is 65.7 Å². The van der Waals surface area contributed by atoms with Gasteiger partial charge in [0.05, 0.1) is 0 Å². The molecule has 0 saturated heterocycles. The summed E-state index contributed by atoms with van der Waals surface area (Å²) in [5.74, 6) is -1.48. The Balaban J connectivity index is 1.83. The van der Waals surface area contributed by atoms with Gasteiger partial charge >= 0.3 is 5.97 Å². The van der Waals surface area contributed by atoms with Crippen molar-refractivity contribution >= 4 is 23.5 Å². The van der Waals surface area contributed by atoms with Crippen LogP contribution in [0.1, 0.15) is 55.7 Å². The molecule has 0 saturated carbocycles. The highest BCUT2D eigenvalue weighted by Crippen LogP contribution is 2.19. The lowest BCUT2D eigenvalue weighted by Crippen LogP contribution is -2.28. The number of carboxylic acids is 1. The summed E-state index contributed by atoms with van der Waals surface area (Å²) in [6.07, 6.45) is 3.60. The van der Waals surface area contributed by atoms with Crippen LogP contribution < -0.4 is 16.1 Å². The first-order chi connectivity index (χ1) is 15.0. The molecule has 166 valence electrons. The maximum atomic E-state index is 12.3. The first-order valence-corrected chi connectivity index (χ1v) is 10.3. The third-order valence-electron chi connectivity index (χ3n) is 4.85. The lowest BCUT2D eigenvalue weighted by molar-refractivity contribution is -0.139. The van der Waals surface area contributed by atoms with Gasteiger partial charge in [0.2, 0.25) is 11.8 Å². The zero-order chi connectivity index (χ0) is 22.5. The standard InChI is InChI=1S/C23H29N3O5/c27-20(14-6-1-2-7-15-21(28)26-31)25-19-13-9-8-12-18(19)16-24-22(23(29)30)17-10-4-3-5-11-17/h3-5,8-13,22,24,31H,1-2,6-7,14-16H2,(H,25,27)(H,26,28)(H,29,30)/t22-/m0/s1. The number of para-hydroxylation sites is 1. The Morgan fingerprint density at radius 3 is 2.06 bits per heavy atom. The topological polar surface area (TPSA) is 128 Å². The van der Waals surface area contributed by atoms with E-state index in [0.29, 0.717) is 30.5 Å². The molecule has 0 heterocycles. The van der Waals surface area contributed by atoms with Crippen LogP contribution >= 0.6 is 0 Å². The molecule has 2 amide bonds. The summed E-state index contributed by atoms with van der Waals surface area (Å²) >= 11 is 0. The molecule has 31 heavy (non-hydrogen) atoms. The van der Waals surface area contributed by atoms with Crippen LogP contribution in [0.25, 0.3) is 0 Å². The molecule has 0 aromatic heterocycles. The van der Waals surface area contributed by atoms with Crippen LogP contribution in [-0.4, -0.2) is 28.1 Å². The van der Waals surface area contributed by atoms with Gasteiger partial charge in [-0.25, -0.2) is 5.48 Å². The van der Waals surface area contributed by atoms with Gasteiger partial charge in [-0.15, -0.1) is 0 Å². The second-order valence-electron chi connectivity index (χ2n) is 7.22. The van der Waals surface area contributed by atoms with Crippen molar-refractivity contribution in [1.82, 2.24) is 10.8 Å². The molecule has 0 aliphatic heterocycles. The molecule has 2 aromatic rings. The summed E-state index contributed by atoms with van der Waals surface area (Å²) in [5.41, 5.74) is 3.71. The quantitative estimate of drug-likeness (QED) is 0.189. The van der Waals surface area contributed by atoms with Gasteiger partial charge in [-0.05, 0) is 30.0 Å². The van der Waals surface area contributed by atoms with E-state index in [1.807, 2.05) is 24.3 Å². The SMILES string of the molecule is O=C(CCCCCCC(=O)Nc1ccccc1CN[C@H](C(=O)O)c1ccccc1)NO. The molecule has 2 aromatic carbocycles. The van der Waals surface area contributed by atoms with E-state index in [1.165, 1.54) is 0 Å². The first-order valence-electron chi connectivity index (χ1n) is 10.3. The summed E-state index contributed by atoms with van der Waals surface area (Å²) in [5, 5.41) is 23.9. The predicted octanol–water partition coefficient (Wildman–Crippen LogP) is 3.39. The molecular formula is C23H29N3O5. The van der Waals surface area contributed by atoms with E-state index in [9.17, 15) is 19.5 Å². The minimum absolute atomic E-state index is 0.113. The molecule has 5 N–H and O–H groups in total. The summed E-state index contributed by atoms with van der Waals surface area (Å²) in [6.45, 7) is 0.287. The molecule has 1 atom stereocenters. The number of anilines is 1. The number of hydroxylamine groups is 1. The Kier molecular flexibility index (Phi) is 10.2. The number of unbranched alkanes of at least 4 members (excludes halogenated alkanes) is 3. The summed E-state index contributed by atoms with van der Waals surface area (Å²) < 4.78 is 0. The summed E-state index contributed by atoms with van der Waals surface area (Å²) in [4.78, 5) is 34.9. The highest BCUT2D eigenvalue weighted by atomic mass is 16.5. The van der Waals surface area contributed by atoms with Gasteiger partial charge < -0.3 is 10.4 Å². The van der Waals surface area contributed by atoms with Crippen molar-refractivity contribution in [2.24, 2.45) is 0 Å². The molecule has 0 spiro atoms. The van der Waals surface area contributed by atoms with E-state index >= 15 is 0 Å². The maximum Gasteiger partial charge on any atom is 0.325 e. The Hall–Kier alpha value is -3.23. The fourth-order valence-corrected chi connectivity index (χ4v) is 3.19. The summed E-state index contributed by atoms with van der Waals surface area (Å²) in [6, 6.07) is 15.4. The monoisotopic (exact) mass is 427 g/mol. The molecular weight excluding hydrogens is 398 g/mol. The fraction of sp³-hybridized carbons (Fsp3) is 0.348. The van der Waals surface area contributed by atoms with Crippen molar-refractivity contribution in [1.29, 1.82) is 0 Å². The minimum Gasteiger partial charge on any atom is -0.480 e. The minimum atomic E-state index is -0.968. The van der Waals surface area contributed by atoms with Gasteiger partial charge in [0, 0.05) is 25.1 Å². The van der Waals surface area contributed by atoms with Gasteiger partial charge in [-0.1, -0.05) is 61.4 Å². The average molecular weight is 428 g/mol. The molecule has 8 heteroatoms. The number of hydrogen-bond donors (Lipinski definition) is 5. The first kappa shape index (κ1) is 24.0. The second-order valence-corrected chi connectivity index (χ2v) is 7.22. The molecule has 0 radical (unpaired) electrons. The van der Waals surface area contributed by atoms with E-state index in [4.69, 9.17) is 5.21 Å². The van der Waals surface area contributed by atoms with Crippen molar-refractivity contribution < 1.29 is 24.7 Å². The van der Waals surface area contributed by atoms with Gasteiger partial charge in [-0.2, -0.15) is 0 Å². The highest BCUT2D eigenvalue weighted by Gasteiger charge is 2.19. The van der Waals surface area contributed by atoms with Crippen molar-refractivity contribution in [3.8, 4) is 0 Å². The van der Waals surface area contributed by atoms with E-state index in [0.717, 1.165) is 18.4 Å². The largest absolute Gasteiger partial charge is 0.480 e. The zero-order valence-corrected chi connectivity index (χ0v) is 17.3. The van der Waals surface area contributed by atoms with Crippen LogP contribution in [0.3, 0.4) is 0 Å². The highest BCUT2D eigenvalue weighted by molar-refractivity contribution is 5.91. The Bertz CT molecular complexity index is 857. The molecule has 0 unspecified atom stereocenters. The number of carbonyl (C=O) groups is 3. The second kappa shape index (κ2) is 13.1. The van der Waals surface area contributed by atoms with Crippen LogP contribution in [0.2, 0.25) is 0 Å². The Labute approximate surface area is 181 Å².